The number of aliphatic hydroxyl groups is 1. The number of hydrogen-bond acceptors (Lipinski definition) is 12. The van der Waals surface area contributed by atoms with Crippen LogP contribution in [-0.2, 0) is 47.7 Å². The first kappa shape index (κ1) is 29.3. The van der Waals surface area contributed by atoms with E-state index < -0.39 is 48.5 Å². The molecule has 0 amide bonds. The average molecular weight is 463 g/mol. The van der Waals surface area contributed by atoms with E-state index in [-0.39, 0.29) is 52.3 Å². The summed E-state index contributed by atoms with van der Waals surface area (Å²) in [6.45, 7) is 2.93. The third-order valence-electron chi connectivity index (χ3n) is 4.41. The lowest BCUT2D eigenvalue weighted by Gasteiger charge is -2.36. The van der Waals surface area contributed by atoms with Crippen molar-refractivity contribution in [3.8, 4) is 0 Å². The zero-order valence-electron chi connectivity index (χ0n) is 19.0. The van der Waals surface area contributed by atoms with Gasteiger partial charge < -0.3 is 28.8 Å². The molecule has 0 saturated carbocycles. The summed E-state index contributed by atoms with van der Waals surface area (Å²) >= 11 is 0. The van der Waals surface area contributed by atoms with E-state index in [1.165, 1.54) is 20.8 Å². The van der Waals surface area contributed by atoms with Crippen LogP contribution in [0.3, 0.4) is 0 Å². The van der Waals surface area contributed by atoms with E-state index in [0.717, 1.165) is 7.11 Å². The van der Waals surface area contributed by atoms with Crippen molar-refractivity contribution in [3.63, 3.8) is 0 Å². The van der Waals surface area contributed by atoms with Crippen molar-refractivity contribution in [1.29, 1.82) is 0 Å². The SMILES string of the molecule is COC(=O)COC(=O)C(CCO)(CCOC(C)=O)CN(CCOC(C)=O)CCOC(C)=O. The van der Waals surface area contributed by atoms with Crippen LogP contribution in [-0.4, -0.2) is 99.6 Å². The second kappa shape index (κ2) is 16.0. The molecule has 184 valence electrons. The summed E-state index contributed by atoms with van der Waals surface area (Å²) in [5, 5.41) is 9.63. The molecule has 0 aliphatic heterocycles. The van der Waals surface area contributed by atoms with E-state index in [9.17, 15) is 29.1 Å². The van der Waals surface area contributed by atoms with Gasteiger partial charge in [0.15, 0.2) is 6.61 Å². The van der Waals surface area contributed by atoms with E-state index in [4.69, 9.17) is 18.9 Å². The van der Waals surface area contributed by atoms with Gasteiger partial charge in [0.25, 0.3) is 0 Å². The minimum Gasteiger partial charge on any atom is -0.466 e. The number of methoxy groups -OCH3 is 1. The van der Waals surface area contributed by atoms with Crippen molar-refractivity contribution in [3.05, 3.63) is 0 Å². The van der Waals surface area contributed by atoms with Crippen LogP contribution in [0, 0.1) is 5.41 Å². The molecule has 0 spiro atoms. The van der Waals surface area contributed by atoms with Gasteiger partial charge in [-0.15, -0.1) is 0 Å². The Bertz CT molecular complexity index is 617. The first-order valence-corrected chi connectivity index (χ1v) is 10.0. The van der Waals surface area contributed by atoms with Gasteiger partial charge in [-0.25, -0.2) is 4.79 Å². The lowest BCUT2D eigenvalue weighted by Crippen LogP contribution is -2.48. The maximum absolute atomic E-state index is 13.0. The lowest BCUT2D eigenvalue weighted by atomic mass is 9.80. The first-order valence-electron chi connectivity index (χ1n) is 10.0. The Hall–Kier alpha value is -2.73. The van der Waals surface area contributed by atoms with Crippen LogP contribution in [0.2, 0.25) is 0 Å². The maximum atomic E-state index is 13.0. The smallest absolute Gasteiger partial charge is 0.344 e. The van der Waals surface area contributed by atoms with Crippen molar-refractivity contribution in [1.82, 2.24) is 4.90 Å². The van der Waals surface area contributed by atoms with Gasteiger partial charge in [-0.1, -0.05) is 0 Å². The summed E-state index contributed by atoms with van der Waals surface area (Å²) < 4.78 is 24.5. The van der Waals surface area contributed by atoms with Crippen LogP contribution in [0.1, 0.15) is 33.6 Å². The molecule has 0 heterocycles. The van der Waals surface area contributed by atoms with Crippen LogP contribution in [0.4, 0.5) is 0 Å². The van der Waals surface area contributed by atoms with Gasteiger partial charge in [0.2, 0.25) is 0 Å². The molecule has 0 aromatic rings. The molecular formula is C20H33NO11. The van der Waals surface area contributed by atoms with Crippen LogP contribution >= 0.6 is 0 Å². The molecule has 0 saturated heterocycles. The maximum Gasteiger partial charge on any atom is 0.344 e. The lowest BCUT2D eigenvalue weighted by molar-refractivity contribution is -0.168. The third-order valence-corrected chi connectivity index (χ3v) is 4.41. The summed E-state index contributed by atoms with van der Waals surface area (Å²) in [5.41, 5.74) is -1.37. The highest BCUT2D eigenvalue weighted by atomic mass is 16.6. The summed E-state index contributed by atoms with van der Waals surface area (Å²) in [4.78, 5) is 59.5. The zero-order chi connectivity index (χ0) is 24.6. The van der Waals surface area contributed by atoms with Gasteiger partial charge in [0.05, 0.1) is 19.1 Å². The van der Waals surface area contributed by atoms with Gasteiger partial charge in [-0.05, 0) is 12.8 Å². The number of esters is 5. The second-order valence-corrected chi connectivity index (χ2v) is 6.95. The van der Waals surface area contributed by atoms with Gasteiger partial charge >= 0.3 is 29.8 Å². The molecule has 0 fully saturated rings. The highest BCUT2D eigenvalue weighted by molar-refractivity contribution is 5.80. The summed E-state index contributed by atoms with van der Waals surface area (Å²) in [6, 6.07) is 0. The van der Waals surface area contributed by atoms with Gasteiger partial charge in [0, 0.05) is 47.0 Å². The Morgan fingerprint density at radius 3 is 1.72 bits per heavy atom. The molecule has 1 N–H and O–H groups in total. The number of carbonyl (C=O) groups excluding carboxylic acids is 5. The monoisotopic (exact) mass is 463 g/mol. The predicted molar refractivity (Wildman–Crippen MR) is 108 cm³/mol. The van der Waals surface area contributed by atoms with Crippen molar-refractivity contribution < 1.29 is 52.8 Å². The standard InChI is InChI=1S/C20H33NO11/c1-15(23)29-10-6-20(5-9-22,19(27)32-13-18(26)28-4)14-21(7-11-30-16(2)24)8-12-31-17(3)25/h22H,5-14H2,1-4H3. The normalized spacial score (nSPS) is 12.4. The van der Waals surface area contributed by atoms with E-state index in [1.807, 2.05) is 0 Å². The topological polar surface area (TPSA) is 155 Å². The molecule has 0 aliphatic carbocycles. The van der Waals surface area contributed by atoms with E-state index in [1.54, 1.807) is 4.90 Å². The van der Waals surface area contributed by atoms with Crippen molar-refractivity contribution >= 4 is 29.8 Å². The Morgan fingerprint density at radius 1 is 0.781 bits per heavy atom. The summed E-state index contributed by atoms with van der Waals surface area (Å²) in [6.07, 6.45) is -0.0727. The number of nitrogens with zero attached hydrogens (tertiary/aromatic N) is 1. The highest BCUT2D eigenvalue weighted by Crippen LogP contribution is 2.30. The molecule has 0 aromatic heterocycles. The number of carbonyl (C=O) groups is 5. The fraction of sp³-hybridized carbons (Fsp3) is 0.750. The summed E-state index contributed by atoms with van der Waals surface area (Å²) in [7, 11) is 1.14. The number of ether oxygens (including phenoxy) is 5. The van der Waals surface area contributed by atoms with Crippen LogP contribution < -0.4 is 0 Å². The predicted octanol–water partition coefficient (Wildman–Crippen LogP) is -0.547. The Morgan fingerprint density at radius 2 is 1.28 bits per heavy atom. The quantitative estimate of drug-likeness (QED) is 0.231. The van der Waals surface area contributed by atoms with Crippen molar-refractivity contribution in [2.24, 2.45) is 5.41 Å². The van der Waals surface area contributed by atoms with E-state index in [0.29, 0.717) is 0 Å². The summed E-state index contributed by atoms with van der Waals surface area (Å²) in [5.74, 6) is -3.09. The molecule has 1 unspecified atom stereocenters. The molecule has 12 heteroatoms. The van der Waals surface area contributed by atoms with Crippen LogP contribution in [0.25, 0.3) is 0 Å². The van der Waals surface area contributed by atoms with E-state index >= 15 is 0 Å². The Labute approximate surface area is 187 Å². The van der Waals surface area contributed by atoms with Crippen molar-refractivity contribution in [2.75, 3.05) is 59.8 Å². The fourth-order valence-electron chi connectivity index (χ4n) is 2.83. The first-order chi connectivity index (χ1) is 15.1. The third kappa shape index (κ3) is 12.8. The zero-order valence-corrected chi connectivity index (χ0v) is 19.0. The molecule has 0 radical (unpaired) electrons. The molecule has 32 heavy (non-hydrogen) atoms. The van der Waals surface area contributed by atoms with Crippen LogP contribution in [0.15, 0.2) is 0 Å². The van der Waals surface area contributed by atoms with Crippen LogP contribution in [0.5, 0.6) is 0 Å². The van der Waals surface area contributed by atoms with E-state index in [2.05, 4.69) is 4.74 Å². The molecule has 1 atom stereocenters. The minimum atomic E-state index is -1.37. The minimum absolute atomic E-state index is 0.00572. The van der Waals surface area contributed by atoms with Gasteiger partial charge in [-0.2, -0.15) is 0 Å². The number of rotatable bonds is 16. The molecule has 0 aliphatic rings. The fourth-order valence-corrected chi connectivity index (χ4v) is 2.83. The molecule has 0 bridgehead atoms. The second-order valence-electron chi connectivity index (χ2n) is 6.95. The van der Waals surface area contributed by atoms with Gasteiger partial charge in [-0.3, -0.25) is 24.1 Å². The Kier molecular flexibility index (Phi) is 14.6. The number of aliphatic hydroxyl groups excluding tert-OH is 1. The molecule has 0 aromatic carbocycles. The van der Waals surface area contributed by atoms with Gasteiger partial charge in [0.1, 0.15) is 13.2 Å². The van der Waals surface area contributed by atoms with Crippen molar-refractivity contribution in [2.45, 2.75) is 33.6 Å². The molecule has 0 rings (SSSR count). The highest BCUT2D eigenvalue weighted by Gasteiger charge is 2.41. The molecular weight excluding hydrogens is 430 g/mol. The number of hydrogen-bond donors (Lipinski definition) is 1. The largest absolute Gasteiger partial charge is 0.466 e. The average Bonchev–Trinajstić information content (AvgIpc) is 2.70. The molecule has 12 nitrogen and oxygen atoms in total. The Balaban J connectivity index is 5.64.